The summed E-state index contributed by atoms with van der Waals surface area (Å²) in [6, 6.07) is 13.5. The van der Waals surface area contributed by atoms with Gasteiger partial charge >= 0.3 is 0 Å². The SMILES string of the molecule is COc1ccc(-n2nnnc2SC(C)C(=O)Nc2ccc(S(=O)(=O)N3CCCC3)cc2)cc1. The molecule has 12 heteroatoms. The molecule has 10 nitrogen and oxygen atoms in total. The topological polar surface area (TPSA) is 119 Å². The monoisotopic (exact) mass is 488 g/mol. The van der Waals surface area contributed by atoms with Crippen molar-refractivity contribution in [3.8, 4) is 11.4 Å². The number of aromatic nitrogens is 4. The molecule has 0 aliphatic carbocycles. The summed E-state index contributed by atoms with van der Waals surface area (Å²) in [6.45, 7) is 2.84. The van der Waals surface area contributed by atoms with E-state index in [4.69, 9.17) is 4.74 Å². The van der Waals surface area contributed by atoms with Crippen molar-refractivity contribution in [2.75, 3.05) is 25.5 Å². The van der Waals surface area contributed by atoms with Gasteiger partial charge in [0.05, 0.1) is 22.9 Å². The number of carbonyl (C=O) groups excluding carboxylic acids is 1. The van der Waals surface area contributed by atoms with E-state index in [9.17, 15) is 13.2 Å². The van der Waals surface area contributed by atoms with Crippen LogP contribution in [0.3, 0.4) is 0 Å². The molecular formula is C21H24N6O4S2. The number of hydrogen-bond donors (Lipinski definition) is 1. The molecule has 4 rings (SSSR count). The zero-order chi connectivity index (χ0) is 23.4. The molecule has 1 atom stereocenters. The highest BCUT2D eigenvalue weighted by Crippen LogP contribution is 2.26. The second kappa shape index (κ2) is 9.89. The highest BCUT2D eigenvalue weighted by Gasteiger charge is 2.27. The Labute approximate surface area is 196 Å². The fourth-order valence-corrected chi connectivity index (χ4v) is 5.71. The van der Waals surface area contributed by atoms with Gasteiger partial charge in [-0.2, -0.15) is 8.99 Å². The van der Waals surface area contributed by atoms with Crippen molar-refractivity contribution >= 4 is 33.4 Å². The molecule has 0 spiro atoms. The van der Waals surface area contributed by atoms with E-state index in [0.29, 0.717) is 29.7 Å². The number of hydrogen-bond acceptors (Lipinski definition) is 8. The van der Waals surface area contributed by atoms with Crippen LogP contribution in [0, 0.1) is 0 Å². The molecule has 0 radical (unpaired) electrons. The van der Waals surface area contributed by atoms with E-state index in [1.807, 2.05) is 12.1 Å². The first kappa shape index (κ1) is 23.2. The molecule has 1 saturated heterocycles. The summed E-state index contributed by atoms with van der Waals surface area (Å²) in [5.74, 6) is 0.465. The molecule has 3 aromatic rings. The number of benzene rings is 2. The van der Waals surface area contributed by atoms with Crippen molar-refractivity contribution in [1.82, 2.24) is 24.5 Å². The van der Waals surface area contributed by atoms with Gasteiger partial charge < -0.3 is 10.1 Å². The Hall–Kier alpha value is -2.96. The number of methoxy groups -OCH3 is 1. The maximum Gasteiger partial charge on any atom is 0.243 e. The summed E-state index contributed by atoms with van der Waals surface area (Å²) in [5, 5.41) is 14.5. The number of anilines is 1. The third kappa shape index (κ3) is 5.18. The number of tetrazole rings is 1. The van der Waals surface area contributed by atoms with Crippen molar-refractivity contribution < 1.29 is 17.9 Å². The van der Waals surface area contributed by atoms with E-state index in [1.54, 1.807) is 43.0 Å². The van der Waals surface area contributed by atoms with Crippen LogP contribution >= 0.6 is 11.8 Å². The van der Waals surface area contributed by atoms with E-state index in [1.165, 1.54) is 28.2 Å². The standard InChI is InChI=1S/C21H24N6O4S2/c1-15(32-21-23-24-25-27(21)17-7-9-18(31-2)10-8-17)20(28)22-16-5-11-19(12-6-16)33(29,30)26-13-3-4-14-26/h5-12,15H,3-4,13-14H2,1-2H3,(H,22,28). The number of carbonyl (C=O) groups is 1. The maximum atomic E-state index is 12.7. The fraction of sp³-hybridized carbons (Fsp3) is 0.333. The third-order valence-corrected chi connectivity index (χ3v) is 8.18. The zero-order valence-electron chi connectivity index (χ0n) is 18.2. The van der Waals surface area contributed by atoms with Gasteiger partial charge in [0.2, 0.25) is 21.1 Å². The van der Waals surface area contributed by atoms with Crippen LogP contribution in [0.2, 0.25) is 0 Å². The first-order chi connectivity index (χ1) is 15.9. The van der Waals surface area contributed by atoms with Crippen LogP contribution in [0.15, 0.2) is 58.6 Å². The first-order valence-electron chi connectivity index (χ1n) is 10.4. The molecule has 33 heavy (non-hydrogen) atoms. The molecule has 1 aliphatic heterocycles. The molecule has 1 aliphatic rings. The predicted molar refractivity (Wildman–Crippen MR) is 124 cm³/mol. The summed E-state index contributed by atoms with van der Waals surface area (Å²) < 4.78 is 33.5. The highest BCUT2D eigenvalue weighted by molar-refractivity contribution is 8.00. The van der Waals surface area contributed by atoms with Gasteiger partial charge in [0.15, 0.2) is 0 Å². The smallest absolute Gasteiger partial charge is 0.243 e. The second-order valence-electron chi connectivity index (χ2n) is 7.46. The molecule has 0 bridgehead atoms. The first-order valence-corrected chi connectivity index (χ1v) is 12.7. The normalized spacial score (nSPS) is 15.3. The van der Waals surface area contributed by atoms with Crippen LogP contribution in [0.4, 0.5) is 5.69 Å². The summed E-state index contributed by atoms with van der Waals surface area (Å²) in [6.07, 6.45) is 1.76. The Kier molecular flexibility index (Phi) is 6.96. The summed E-state index contributed by atoms with van der Waals surface area (Å²) in [5.41, 5.74) is 1.26. The van der Waals surface area contributed by atoms with Gasteiger partial charge in [0.1, 0.15) is 5.75 Å². The lowest BCUT2D eigenvalue weighted by Gasteiger charge is -2.16. The summed E-state index contributed by atoms with van der Waals surface area (Å²) in [4.78, 5) is 12.9. The molecule has 2 heterocycles. The van der Waals surface area contributed by atoms with Crippen LogP contribution in [-0.2, 0) is 14.8 Å². The average molecular weight is 489 g/mol. The van der Waals surface area contributed by atoms with E-state index in [0.717, 1.165) is 18.5 Å². The van der Waals surface area contributed by atoms with E-state index < -0.39 is 15.3 Å². The van der Waals surface area contributed by atoms with Crippen LogP contribution in [0.1, 0.15) is 19.8 Å². The minimum absolute atomic E-state index is 0.225. The number of ether oxygens (including phenoxy) is 1. The van der Waals surface area contributed by atoms with Crippen molar-refractivity contribution in [3.05, 3.63) is 48.5 Å². The molecule has 0 saturated carbocycles. The number of nitrogens with zero attached hydrogens (tertiary/aromatic N) is 5. The molecule has 174 valence electrons. The van der Waals surface area contributed by atoms with Gasteiger partial charge in [-0.3, -0.25) is 4.79 Å². The van der Waals surface area contributed by atoms with E-state index >= 15 is 0 Å². The summed E-state index contributed by atoms with van der Waals surface area (Å²) in [7, 11) is -1.90. The number of nitrogens with one attached hydrogen (secondary N) is 1. The molecule has 2 aromatic carbocycles. The number of sulfonamides is 1. The molecule has 1 amide bonds. The van der Waals surface area contributed by atoms with Crippen molar-refractivity contribution in [1.29, 1.82) is 0 Å². The lowest BCUT2D eigenvalue weighted by Crippen LogP contribution is -2.27. The maximum absolute atomic E-state index is 12.7. The van der Waals surface area contributed by atoms with Crippen LogP contribution in [0.25, 0.3) is 5.69 Å². The lowest BCUT2D eigenvalue weighted by atomic mass is 10.3. The van der Waals surface area contributed by atoms with Gasteiger partial charge in [-0.05, 0) is 78.7 Å². The summed E-state index contributed by atoms with van der Waals surface area (Å²) >= 11 is 1.21. The Morgan fingerprint density at radius 2 is 1.76 bits per heavy atom. The van der Waals surface area contributed by atoms with Crippen molar-refractivity contribution in [2.24, 2.45) is 0 Å². The number of rotatable bonds is 8. The Bertz CT molecular complexity index is 1210. The largest absolute Gasteiger partial charge is 0.497 e. The Morgan fingerprint density at radius 1 is 1.09 bits per heavy atom. The second-order valence-corrected chi connectivity index (χ2v) is 10.7. The quantitative estimate of drug-likeness (QED) is 0.481. The van der Waals surface area contributed by atoms with Crippen LogP contribution in [-0.4, -0.2) is 64.3 Å². The Morgan fingerprint density at radius 3 is 2.39 bits per heavy atom. The third-order valence-electron chi connectivity index (χ3n) is 5.23. The fourth-order valence-electron chi connectivity index (χ4n) is 3.38. The van der Waals surface area contributed by atoms with Crippen LogP contribution < -0.4 is 10.1 Å². The van der Waals surface area contributed by atoms with Gasteiger partial charge in [-0.25, -0.2) is 8.42 Å². The van der Waals surface area contributed by atoms with E-state index in [2.05, 4.69) is 20.8 Å². The highest BCUT2D eigenvalue weighted by atomic mass is 32.2. The minimum atomic E-state index is -3.49. The lowest BCUT2D eigenvalue weighted by molar-refractivity contribution is -0.115. The predicted octanol–water partition coefficient (Wildman–Crippen LogP) is 2.57. The molecule has 1 unspecified atom stereocenters. The minimum Gasteiger partial charge on any atom is -0.497 e. The molecule has 1 aromatic heterocycles. The van der Waals surface area contributed by atoms with Gasteiger partial charge in [0.25, 0.3) is 0 Å². The van der Waals surface area contributed by atoms with Gasteiger partial charge in [-0.15, -0.1) is 5.10 Å². The average Bonchev–Trinajstić information content (AvgIpc) is 3.52. The number of thioether (sulfide) groups is 1. The van der Waals surface area contributed by atoms with Gasteiger partial charge in [0, 0.05) is 18.8 Å². The zero-order valence-corrected chi connectivity index (χ0v) is 19.8. The number of amides is 1. The van der Waals surface area contributed by atoms with Crippen molar-refractivity contribution in [2.45, 2.75) is 35.1 Å². The van der Waals surface area contributed by atoms with E-state index in [-0.39, 0.29) is 10.8 Å². The van der Waals surface area contributed by atoms with Crippen LogP contribution in [0.5, 0.6) is 5.75 Å². The molecule has 1 fully saturated rings. The molecular weight excluding hydrogens is 464 g/mol. The van der Waals surface area contributed by atoms with Crippen molar-refractivity contribution in [3.63, 3.8) is 0 Å². The Balaban J connectivity index is 1.40. The van der Waals surface area contributed by atoms with Gasteiger partial charge in [-0.1, -0.05) is 11.8 Å². The molecule has 1 N–H and O–H groups in total.